The Morgan fingerprint density at radius 3 is 2.71 bits per heavy atom. The van der Waals surface area contributed by atoms with E-state index in [1.165, 1.54) is 0 Å². The van der Waals surface area contributed by atoms with E-state index < -0.39 is 10.0 Å². The number of hydrogen-bond donors (Lipinski definition) is 0. The van der Waals surface area contributed by atoms with Gasteiger partial charge in [-0.25, -0.2) is 8.42 Å². The Morgan fingerprint density at radius 2 is 2.00 bits per heavy atom. The van der Waals surface area contributed by atoms with Crippen molar-refractivity contribution >= 4 is 10.0 Å². The van der Waals surface area contributed by atoms with Gasteiger partial charge in [-0.1, -0.05) is 18.2 Å². The summed E-state index contributed by atoms with van der Waals surface area (Å²) in [6.45, 7) is 1.31. The lowest BCUT2D eigenvalue weighted by atomic mass is 10.1. The van der Waals surface area contributed by atoms with Gasteiger partial charge in [0.2, 0.25) is 10.0 Å². The molecule has 0 N–H and O–H groups in total. The Kier molecular flexibility index (Phi) is 3.85. The van der Waals surface area contributed by atoms with Crippen LogP contribution in [0.3, 0.4) is 0 Å². The third-order valence-electron chi connectivity index (χ3n) is 4.71. The number of aryl methyl sites for hydroxylation is 1. The smallest absolute Gasteiger partial charge is 0.217 e. The quantitative estimate of drug-likeness (QED) is 0.828. The molecule has 0 unspecified atom stereocenters. The van der Waals surface area contributed by atoms with E-state index in [0.29, 0.717) is 26.1 Å². The third kappa shape index (κ3) is 2.82. The highest BCUT2D eigenvalue weighted by atomic mass is 32.2. The molecule has 6 nitrogen and oxygen atoms in total. The van der Waals surface area contributed by atoms with Crippen molar-refractivity contribution in [3.8, 4) is 5.75 Å². The van der Waals surface area contributed by atoms with Crippen molar-refractivity contribution in [3.05, 3.63) is 47.3 Å². The second kappa shape index (κ2) is 5.89. The van der Waals surface area contributed by atoms with Crippen LogP contribution in [0.2, 0.25) is 0 Å². The van der Waals surface area contributed by atoms with Crippen molar-refractivity contribution < 1.29 is 13.2 Å². The molecule has 1 fully saturated rings. The van der Waals surface area contributed by atoms with Crippen LogP contribution in [0, 0.1) is 0 Å². The van der Waals surface area contributed by atoms with Crippen LogP contribution >= 0.6 is 0 Å². The Hall–Kier alpha value is -1.86. The molecule has 1 aliphatic carbocycles. The highest BCUT2D eigenvalue weighted by Crippen LogP contribution is 2.34. The van der Waals surface area contributed by atoms with E-state index in [4.69, 9.17) is 4.74 Å². The van der Waals surface area contributed by atoms with Gasteiger partial charge in [-0.15, -0.1) is 0 Å². The number of ether oxygens (including phenoxy) is 1. The molecule has 1 saturated carbocycles. The summed E-state index contributed by atoms with van der Waals surface area (Å²) in [7, 11) is -1.24. The summed E-state index contributed by atoms with van der Waals surface area (Å²) < 4.78 is 34.3. The van der Waals surface area contributed by atoms with Gasteiger partial charge < -0.3 is 4.74 Å². The Labute approximate surface area is 142 Å². The molecule has 2 heterocycles. The molecule has 0 amide bonds. The maximum Gasteiger partial charge on any atom is 0.217 e. The first kappa shape index (κ1) is 15.7. The fourth-order valence-electron chi connectivity index (χ4n) is 3.22. The van der Waals surface area contributed by atoms with Crippen LogP contribution in [0.1, 0.15) is 29.8 Å². The predicted molar refractivity (Wildman–Crippen MR) is 90.0 cm³/mol. The zero-order valence-electron chi connectivity index (χ0n) is 13.7. The van der Waals surface area contributed by atoms with E-state index in [2.05, 4.69) is 5.10 Å². The van der Waals surface area contributed by atoms with Gasteiger partial charge in [0.05, 0.1) is 5.25 Å². The number of fused-ring (bicyclic) bond motifs is 1. The number of para-hydroxylation sites is 1. The SMILES string of the molecule is Cn1nc(COc2ccccc2)c2c1CCN(S(=O)(=O)C1CC1)C2. The molecule has 7 heteroatoms. The first-order chi connectivity index (χ1) is 11.6. The molecule has 4 rings (SSSR count). The summed E-state index contributed by atoms with van der Waals surface area (Å²) in [6.07, 6.45) is 2.29. The van der Waals surface area contributed by atoms with Crippen LogP contribution in [0.5, 0.6) is 5.75 Å². The van der Waals surface area contributed by atoms with Crippen LogP contribution in [0.15, 0.2) is 30.3 Å². The van der Waals surface area contributed by atoms with E-state index in [0.717, 1.165) is 35.5 Å². The van der Waals surface area contributed by atoms with Crippen molar-refractivity contribution in [3.63, 3.8) is 0 Å². The van der Waals surface area contributed by atoms with Crippen LogP contribution in [-0.2, 0) is 36.6 Å². The van der Waals surface area contributed by atoms with Crippen molar-refractivity contribution in [1.82, 2.24) is 14.1 Å². The Morgan fingerprint density at radius 1 is 1.25 bits per heavy atom. The monoisotopic (exact) mass is 347 g/mol. The predicted octanol–water partition coefficient (Wildman–Crippen LogP) is 1.85. The average molecular weight is 347 g/mol. The van der Waals surface area contributed by atoms with E-state index in [-0.39, 0.29) is 5.25 Å². The van der Waals surface area contributed by atoms with E-state index in [9.17, 15) is 8.42 Å². The second-order valence-corrected chi connectivity index (χ2v) is 8.64. The lowest BCUT2D eigenvalue weighted by Gasteiger charge is -2.27. The Bertz CT molecular complexity index is 841. The summed E-state index contributed by atoms with van der Waals surface area (Å²) in [5.41, 5.74) is 2.94. The minimum Gasteiger partial charge on any atom is -0.487 e. The number of aromatic nitrogens is 2. The minimum absolute atomic E-state index is 0.167. The van der Waals surface area contributed by atoms with Crippen molar-refractivity contribution in [2.24, 2.45) is 7.05 Å². The van der Waals surface area contributed by atoms with Gasteiger partial charge in [-0.05, 0) is 25.0 Å². The summed E-state index contributed by atoms with van der Waals surface area (Å²) in [4.78, 5) is 0. The summed E-state index contributed by atoms with van der Waals surface area (Å²) in [5.74, 6) is 0.787. The van der Waals surface area contributed by atoms with Crippen molar-refractivity contribution in [2.45, 2.75) is 37.7 Å². The van der Waals surface area contributed by atoms with Crippen molar-refractivity contribution in [2.75, 3.05) is 6.54 Å². The molecule has 128 valence electrons. The molecule has 2 aromatic rings. The molecule has 1 aromatic carbocycles. The lowest BCUT2D eigenvalue weighted by molar-refractivity contribution is 0.296. The van der Waals surface area contributed by atoms with Crippen LogP contribution in [0.25, 0.3) is 0 Å². The molecule has 1 aromatic heterocycles. The van der Waals surface area contributed by atoms with E-state index in [1.807, 2.05) is 42.1 Å². The summed E-state index contributed by atoms with van der Waals surface area (Å²) in [6, 6.07) is 9.59. The van der Waals surface area contributed by atoms with Gasteiger partial charge in [0.25, 0.3) is 0 Å². The van der Waals surface area contributed by atoms with Gasteiger partial charge in [0, 0.05) is 37.8 Å². The number of benzene rings is 1. The molecular weight excluding hydrogens is 326 g/mol. The molecule has 0 atom stereocenters. The number of rotatable bonds is 5. The lowest BCUT2D eigenvalue weighted by Crippen LogP contribution is -2.38. The zero-order valence-corrected chi connectivity index (χ0v) is 14.5. The van der Waals surface area contributed by atoms with Crippen molar-refractivity contribution in [1.29, 1.82) is 0 Å². The topological polar surface area (TPSA) is 64.4 Å². The molecule has 1 aliphatic heterocycles. The fourth-order valence-corrected chi connectivity index (χ4v) is 5.03. The third-order valence-corrected chi connectivity index (χ3v) is 7.06. The molecule has 0 spiro atoms. The normalized spacial score (nSPS) is 18.4. The van der Waals surface area contributed by atoms with E-state index in [1.54, 1.807) is 4.31 Å². The maximum absolute atomic E-state index is 12.5. The molecule has 0 saturated heterocycles. The number of hydrogen-bond acceptors (Lipinski definition) is 4. The van der Waals surface area contributed by atoms with Gasteiger partial charge in [0.15, 0.2) is 0 Å². The summed E-state index contributed by atoms with van der Waals surface area (Å²) in [5, 5.41) is 4.39. The average Bonchev–Trinajstić information content (AvgIpc) is 3.40. The first-order valence-corrected chi connectivity index (χ1v) is 9.76. The minimum atomic E-state index is -3.15. The molecule has 0 bridgehead atoms. The number of nitrogens with zero attached hydrogens (tertiary/aromatic N) is 3. The van der Waals surface area contributed by atoms with Gasteiger partial charge in [0.1, 0.15) is 18.1 Å². The largest absolute Gasteiger partial charge is 0.487 e. The fraction of sp³-hybridized carbons (Fsp3) is 0.471. The van der Waals surface area contributed by atoms with Gasteiger partial charge in [-0.3, -0.25) is 4.68 Å². The molecule has 0 radical (unpaired) electrons. The van der Waals surface area contributed by atoms with Crippen LogP contribution in [0.4, 0.5) is 0 Å². The van der Waals surface area contributed by atoms with Crippen LogP contribution < -0.4 is 4.74 Å². The molecular formula is C17H21N3O3S. The standard InChI is InChI=1S/C17H21N3O3S/c1-19-17-9-10-20(24(21,22)14-7-8-14)11-15(17)16(18-19)12-23-13-5-3-2-4-6-13/h2-6,14H,7-12H2,1H3. The zero-order chi connectivity index (χ0) is 16.7. The van der Waals surface area contributed by atoms with Gasteiger partial charge >= 0.3 is 0 Å². The highest BCUT2D eigenvalue weighted by Gasteiger charge is 2.41. The maximum atomic E-state index is 12.5. The second-order valence-electron chi connectivity index (χ2n) is 6.43. The molecule has 2 aliphatic rings. The van der Waals surface area contributed by atoms with Gasteiger partial charge in [-0.2, -0.15) is 9.40 Å². The molecule has 24 heavy (non-hydrogen) atoms. The Balaban J connectivity index is 1.55. The highest BCUT2D eigenvalue weighted by molar-refractivity contribution is 7.90. The summed E-state index contributed by atoms with van der Waals surface area (Å²) >= 11 is 0. The van der Waals surface area contributed by atoms with E-state index >= 15 is 0 Å². The first-order valence-electron chi connectivity index (χ1n) is 8.26. The van der Waals surface area contributed by atoms with Crippen LogP contribution in [-0.4, -0.2) is 34.3 Å². The number of sulfonamides is 1.